The normalized spacial score (nSPS) is 26.5. The van der Waals surface area contributed by atoms with Crippen molar-refractivity contribution in [2.75, 3.05) is 6.61 Å². The molecule has 14 heavy (non-hydrogen) atoms. The summed E-state index contributed by atoms with van der Waals surface area (Å²) in [5, 5.41) is 0. The Labute approximate surface area is 87.0 Å². The summed E-state index contributed by atoms with van der Waals surface area (Å²) in [6.45, 7) is 10.5. The minimum absolute atomic E-state index is 0.0520. The Bertz CT molecular complexity index is 186. The number of epoxide rings is 1. The molecule has 0 amide bonds. The van der Waals surface area contributed by atoms with Gasteiger partial charge in [0.25, 0.3) is 0 Å². The van der Waals surface area contributed by atoms with Crippen molar-refractivity contribution < 1.29 is 9.53 Å². The largest absolute Gasteiger partial charge is 0.362 e. The number of nitrogens with two attached hydrogens (primary N) is 1. The van der Waals surface area contributed by atoms with E-state index < -0.39 is 5.60 Å². The van der Waals surface area contributed by atoms with Crippen LogP contribution >= 0.6 is 0 Å². The number of ketones is 1. The van der Waals surface area contributed by atoms with Crippen LogP contribution in [0.3, 0.4) is 0 Å². The molecule has 2 N–H and O–H groups in total. The molecule has 0 aliphatic carbocycles. The molecule has 84 valence electrons. The SMILES string of the molecule is CC.CC(C)CC(N)C(=O)C1(C)CO1. The van der Waals surface area contributed by atoms with E-state index in [-0.39, 0.29) is 11.8 Å². The van der Waals surface area contributed by atoms with Crippen LogP contribution in [-0.4, -0.2) is 24.0 Å². The van der Waals surface area contributed by atoms with Gasteiger partial charge in [-0.25, -0.2) is 0 Å². The maximum absolute atomic E-state index is 11.5. The van der Waals surface area contributed by atoms with Crippen LogP contribution in [0.2, 0.25) is 0 Å². The van der Waals surface area contributed by atoms with Gasteiger partial charge in [-0.3, -0.25) is 4.79 Å². The third-order valence-corrected chi connectivity index (χ3v) is 2.16. The Kier molecular flexibility index (Phi) is 5.31. The van der Waals surface area contributed by atoms with Gasteiger partial charge in [-0.15, -0.1) is 0 Å². The molecule has 1 aliphatic rings. The van der Waals surface area contributed by atoms with Gasteiger partial charge in [0.1, 0.15) is 5.60 Å². The van der Waals surface area contributed by atoms with E-state index in [0.717, 1.165) is 6.42 Å². The van der Waals surface area contributed by atoms with Gasteiger partial charge in [0.05, 0.1) is 12.6 Å². The number of hydrogen-bond donors (Lipinski definition) is 1. The van der Waals surface area contributed by atoms with Crippen LogP contribution in [-0.2, 0) is 9.53 Å². The molecule has 2 unspecified atom stereocenters. The number of hydrogen-bond acceptors (Lipinski definition) is 3. The second kappa shape index (κ2) is 5.47. The van der Waals surface area contributed by atoms with Crippen LogP contribution in [0.25, 0.3) is 0 Å². The van der Waals surface area contributed by atoms with Crippen LogP contribution in [0.5, 0.6) is 0 Å². The quantitative estimate of drug-likeness (QED) is 0.705. The van der Waals surface area contributed by atoms with E-state index in [9.17, 15) is 4.79 Å². The van der Waals surface area contributed by atoms with Crippen molar-refractivity contribution in [2.24, 2.45) is 11.7 Å². The summed E-state index contributed by atoms with van der Waals surface area (Å²) < 4.78 is 5.03. The summed E-state index contributed by atoms with van der Waals surface area (Å²) in [5.74, 6) is 0.516. The van der Waals surface area contributed by atoms with Gasteiger partial charge in [0, 0.05) is 0 Å². The zero-order valence-electron chi connectivity index (χ0n) is 9.96. The van der Waals surface area contributed by atoms with Gasteiger partial charge < -0.3 is 10.5 Å². The molecule has 1 rings (SSSR count). The van der Waals surface area contributed by atoms with E-state index >= 15 is 0 Å². The zero-order valence-corrected chi connectivity index (χ0v) is 9.96. The highest BCUT2D eigenvalue weighted by molar-refractivity contribution is 5.93. The second-order valence-electron chi connectivity index (χ2n) is 4.12. The predicted octanol–water partition coefficient (Wildman–Crippen LogP) is 1.74. The lowest BCUT2D eigenvalue weighted by molar-refractivity contribution is -0.125. The fourth-order valence-electron chi connectivity index (χ4n) is 1.26. The summed E-state index contributed by atoms with van der Waals surface area (Å²) in [6, 6.07) is -0.350. The first kappa shape index (κ1) is 13.6. The van der Waals surface area contributed by atoms with E-state index in [1.165, 1.54) is 0 Å². The van der Waals surface area contributed by atoms with Crippen LogP contribution in [0.15, 0.2) is 0 Å². The maximum atomic E-state index is 11.5. The molecular formula is C11H23NO2. The van der Waals surface area contributed by atoms with Gasteiger partial charge >= 0.3 is 0 Å². The van der Waals surface area contributed by atoms with Crippen molar-refractivity contribution >= 4 is 5.78 Å². The van der Waals surface area contributed by atoms with Gasteiger partial charge in [-0.05, 0) is 19.3 Å². The highest BCUT2D eigenvalue weighted by Crippen LogP contribution is 2.28. The van der Waals surface area contributed by atoms with Crippen LogP contribution in [0.1, 0.15) is 41.0 Å². The first-order valence-electron chi connectivity index (χ1n) is 5.39. The first-order chi connectivity index (χ1) is 6.46. The Morgan fingerprint density at radius 3 is 2.21 bits per heavy atom. The molecule has 3 nitrogen and oxygen atoms in total. The average Bonchev–Trinajstić information content (AvgIpc) is 2.86. The average molecular weight is 201 g/mol. The summed E-state index contributed by atoms with van der Waals surface area (Å²) in [7, 11) is 0. The molecule has 1 heterocycles. The monoisotopic (exact) mass is 201 g/mol. The van der Waals surface area contributed by atoms with Gasteiger partial charge in [-0.2, -0.15) is 0 Å². The fraction of sp³-hybridized carbons (Fsp3) is 0.909. The molecule has 0 aromatic carbocycles. The number of carbonyl (C=O) groups excluding carboxylic acids is 1. The number of carbonyl (C=O) groups is 1. The lowest BCUT2D eigenvalue weighted by Gasteiger charge is -2.14. The molecule has 1 saturated heterocycles. The van der Waals surface area contributed by atoms with Gasteiger partial charge in [0.2, 0.25) is 0 Å². The van der Waals surface area contributed by atoms with Crippen molar-refractivity contribution in [3.63, 3.8) is 0 Å². The summed E-state index contributed by atoms with van der Waals surface area (Å²) >= 11 is 0. The Morgan fingerprint density at radius 1 is 1.50 bits per heavy atom. The maximum Gasteiger partial charge on any atom is 0.183 e. The summed E-state index contributed by atoms with van der Waals surface area (Å²) in [4.78, 5) is 11.5. The van der Waals surface area contributed by atoms with E-state index in [1.807, 2.05) is 13.8 Å². The number of ether oxygens (including phenoxy) is 1. The van der Waals surface area contributed by atoms with Crippen molar-refractivity contribution in [1.82, 2.24) is 0 Å². The Morgan fingerprint density at radius 2 is 1.93 bits per heavy atom. The second-order valence-corrected chi connectivity index (χ2v) is 4.12. The minimum Gasteiger partial charge on any atom is -0.362 e. The highest BCUT2D eigenvalue weighted by atomic mass is 16.6. The predicted molar refractivity (Wildman–Crippen MR) is 58.1 cm³/mol. The van der Waals surface area contributed by atoms with Crippen molar-refractivity contribution in [3.8, 4) is 0 Å². The standard InChI is InChI=1S/C9H17NO2.C2H6/c1-6(2)4-7(10)8(11)9(3)5-12-9;1-2/h6-7H,4-5,10H2,1-3H3;1-2H3. The molecule has 2 atom stereocenters. The lowest BCUT2D eigenvalue weighted by atomic mass is 9.94. The molecule has 1 aliphatic heterocycles. The topological polar surface area (TPSA) is 55.6 Å². The van der Waals surface area contributed by atoms with Gasteiger partial charge in [0.15, 0.2) is 5.78 Å². The molecule has 0 bridgehead atoms. The van der Waals surface area contributed by atoms with Crippen molar-refractivity contribution in [1.29, 1.82) is 0 Å². The minimum atomic E-state index is -0.547. The van der Waals surface area contributed by atoms with Crippen LogP contribution < -0.4 is 5.73 Å². The Hall–Kier alpha value is -0.410. The highest BCUT2D eigenvalue weighted by Gasteiger charge is 2.48. The van der Waals surface area contributed by atoms with Gasteiger partial charge in [-0.1, -0.05) is 27.7 Å². The van der Waals surface area contributed by atoms with Crippen molar-refractivity contribution in [3.05, 3.63) is 0 Å². The third kappa shape index (κ3) is 3.76. The molecule has 1 fully saturated rings. The zero-order chi connectivity index (χ0) is 11.4. The molecule has 0 aromatic rings. The lowest BCUT2D eigenvalue weighted by Crippen LogP contribution is -2.40. The summed E-state index contributed by atoms with van der Waals surface area (Å²) in [5.41, 5.74) is 5.17. The van der Waals surface area contributed by atoms with Crippen LogP contribution in [0.4, 0.5) is 0 Å². The Balaban J connectivity index is 0.000000791. The number of Topliss-reactive ketones (excluding diaryl/α,β-unsaturated/α-hetero) is 1. The molecular weight excluding hydrogens is 178 g/mol. The molecule has 0 radical (unpaired) electrons. The van der Waals surface area contributed by atoms with Crippen LogP contribution in [0, 0.1) is 5.92 Å². The molecule has 3 heteroatoms. The molecule has 0 saturated carbocycles. The molecule has 0 spiro atoms. The van der Waals surface area contributed by atoms with E-state index in [1.54, 1.807) is 6.92 Å². The van der Waals surface area contributed by atoms with E-state index in [2.05, 4.69) is 13.8 Å². The smallest absolute Gasteiger partial charge is 0.183 e. The van der Waals surface area contributed by atoms with Crippen molar-refractivity contribution in [2.45, 2.75) is 52.7 Å². The third-order valence-electron chi connectivity index (χ3n) is 2.16. The number of rotatable bonds is 4. The first-order valence-corrected chi connectivity index (χ1v) is 5.39. The summed E-state index contributed by atoms with van der Waals surface area (Å²) in [6.07, 6.45) is 0.748. The fourth-order valence-corrected chi connectivity index (χ4v) is 1.26. The van der Waals surface area contributed by atoms with E-state index in [0.29, 0.717) is 12.5 Å². The molecule has 0 aromatic heterocycles. The van der Waals surface area contributed by atoms with E-state index in [4.69, 9.17) is 10.5 Å².